The van der Waals surface area contributed by atoms with Crippen molar-refractivity contribution in [2.75, 3.05) is 16.8 Å². The number of aliphatic hydroxyl groups excluding tert-OH is 2. The van der Waals surface area contributed by atoms with Crippen molar-refractivity contribution < 1.29 is 15.0 Å². The van der Waals surface area contributed by atoms with Crippen LogP contribution < -0.4 is 10.2 Å². The summed E-state index contributed by atoms with van der Waals surface area (Å²) < 4.78 is 1.69. The molecule has 3 N–H and O–H groups in total. The average molecular weight is 407 g/mol. The first-order valence-corrected chi connectivity index (χ1v) is 9.92. The number of nitrogens with one attached hydrogen (secondary N) is 1. The lowest BCUT2D eigenvalue weighted by Crippen LogP contribution is -2.50. The van der Waals surface area contributed by atoms with E-state index in [-0.39, 0.29) is 24.5 Å². The molecule has 30 heavy (non-hydrogen) atoms. The number of amides is 1. The molecule has 0 spiro atoms. The summed E-state index contributed by atoms with van der Waals surface area (Å²) in [6.45, 7) is 3.82. The maximum absolute atomic E-state index is 12.3. The molecule has 1 aliphatic heterocycles. The Balaban J connectivity index is 1.79. The zero-order valence-electron chi connectivity index (χ0n) is 16.9. The fraction of sp³-hybridized carbons (Fsp3) is 0.318. The number of carbonyl (C=O) groups is 1. The molecule has 0 aliphatic carbocycles. The van der Waals surface area contributed by atoms with Crippen LogP contribution >= 0.6 is 0 Å². The van der Waals surface area contributed by atoms with Gasteiger partial charge in [0, 0.05) is 30.8 Å². The number of anilines is 2. The molecule has 156 valence electrons. The lowest BCUT2D eigenvalue weighted by atomic mass is 9.85. The molecule has 1 amide bonds. The monoisotopic (exact) mass is 407 g/mol. The van der Waals surface area contributed by atoms with Gasteiger partial charge >= 0.3 is 0 Å². The van der Waals surface area contributed by atoms with E-state index in [2.05, 4.69) is 15.4 Å². The van der Waals surface area contributed by atoms with E-state index in [0.29, 0.717) is 18.1 Å². The smallest absolute Gasteiger partial charge is 0.225 e. The van der Waals surface area contributed by atoms with Gasteiger partial charge < -0.3 is 15.5 Å². The van der Waals surface area contributed by atoms with Gasteiger partial charge in [-0.1, -0.05) is 19.1 Å². The van der Waals surface area contributed by atoms with Crippen molar-refractivity contribution in [2.45, 2.75) is 32.7 Å². The molecular formula is C22H25N5O3. The van der Waals surface area contributed by atoms with E-state index in [9.17, 15) is 9.90 Å². The van der Waals surface area contributed by atoms with Crippen molar-refractivity contribution in [1.82, 2.24) is 14.8 Å². The average Bonchev–Trinajstić information content (AvgIpc) is 3.21. The van der Waals surface area contributed by atoms with Crippen LogP contribution in [0.5, 0.6) is 0 Å². The number of carbonyl (C=O) groups excluding carboxylic acids is 1. The van der Waals surface area contributed by atoms with Gasteiger partial charge in [0.1, 0.15) is 12.0 Å². The van der Waals surface area contributed by atoms with Crippen LogP contribution in [-0.2, 0) is 11.3 Å². The second kappa shape index (κ2) is 8.25. The van der Waals surface area contributed by atoms with Gasteiger partial charge in [0.25, 0.3) is 0 Å². The number of benzene rings is 1. The maximum atomic E-state index is 12.3. The Morgan fingerprint density at radius 1 is 1.23 bits per heavy atom. The quantitative estimate of drug-likeness (QED) is 0.600. The van der Waals surface area contributed by atoms with Gasteiger partial charge in [-0.15, -0.1) is 0 Å². The molecule has 0 unspecified atom stereocenters. The van der Waals surface area contributed by atoms with Crippen molar-refractivity contribution in [3.63, 3.8) is 0 Å². The van der Waals surface area contributed by atoms with Gasteiger partial charge in [0.05, 0.1) is 31.1 Å². The normalized spacial score (nSPS) is 20.7. The third-order valence-electron chi connectivity index (χ3n) is 5.49. The zero-order valence-corrected chi connectivity index (χ0v) is 16.9. The molecule has 0 fully saturated rings. The molecule has 8 heteroatoms. The molecule has 4 rings (SSSR count). The summed E-state index contributed by atoms with van der Waals surface area (Å²) in [6, 6.07) is 11.2. The van der Waals surface area contributed by atoms with Crippen LogP contribution in [0.25, 0.3) is 11.1 Å². The van der Waals surface area contributed by atoms with E-state index in [1.54, 1.807) is 17.1 Å². The summed E-state index contributed by atoms with van der Waals surface area (Å²) in [5, 5.41) is 27.7. The number of pyridine rings is 1. The minimum Gasteiger partial charge on any atom is -0.394 e. The molecule has 1 aromatic carbocycles. The van der Waals surface area contributed by atoms with Crippen LogP contribution in [0.4, 0.5) is 11.5 Å². The summed E-state index contributed by atoms with van der Waals surface area (Å²) in [7, 11) is 0. The highest BCUT2D eigenvalue weighted by Crippen LogP contribution is 2.43. The zero-order chi connectivity index (χ0) is 21.3. The van der Waals surface area contributed by atoms with Gasteiger partial charge in [0.2, 0.25) is 5.91 Å². The number of fused-ring (bicyclic) bond motifs is 1. The minimum atomic E-state index is -0.950. The molecule has 3 heterocycles. The molecule has 0 bridgehead atoms. The highest BCUT2D eigenvalue weighted by molar-refractivity contribution is 5.94. The van der Waals surface area contributed by atoms with Crippen molar-refractivity contribution >= 4 is 17.4 Å². The second-order valence-corrected chi connectivity index (χ2v) is 7.49. The summed E-state index contributed by atoms with van der Waals surface area (Å²) in [6.07, 6.45) is 4.39. The van der Waals surface area contributed by atoms with Gasteiger partial charge in [0.15, 0.2) is 0 Å². The van der Waals surface area contributed by atoms with Crippen molar-refractivity contribution in [3.05, 3.63) is 60.6 Å². The first kappa shape index (κ1) is 20.1. The molecule has 0 radical (unpaired) electrons. The predicted molar refractivity (Wildman–Crippen MR) is 114 cm³/mol. The Kier molecular flexibility index (Phi) is 5.52. The Hall–Kier alpha value is -3.23. The van der Waals surface area contributed by atoms with Crippen LogP contribution in [0.3, 0.4) is 0 Å². The number of hydrogen-bond acceptors (Lipinski definition) is 6. The first-order chi connectivity index (χ1) is 14.5. The number of nitrogens with zero attached hydrogens (tertiary/aromatic N) is 4. The third-order valence-corrected chi connectivity index (χ3v) is 5.49. The van der Waals surface area contributed by atoms with Gasteiger partial charge in [-0.3, -0.25) is 14.4 Å². The Morgan fingerprint density at radius 2 is 2.07 bits per heavy atom. The topological polar surface area (TPSA) is 104 Å². The molecule has 3 aromatic rings. The van der Waals surface area contributed by atoms with Gasteiger partial charge in [-0.05, 0) is 35.4 Å². The molecule has 0 saturated heterocycles. The summed E-state index contributed by atoms with van der Waals surface area (Å²) in [5.74, 6) is 0.219. The highest BCUT2D eigenvalue weighted by Gasteiger charge is 2.40. The third kappa shape index (κ3) is 3.67. The van der Waals surface area contributed by atoms with Crippen molar-refractivity contribution in [1.29, 1.82) is 0 Å². The van der Waals surface area contributed by atoms with Crippen molar-refractivity contribution in [3.8, 4) is 11.1 Å². The van der Waals surface area contributed by atoms with Crippen LogP contribution in [-0.4, -0.2) is 43.7 Å². The minimum absolute atomic E-state index is 0.0182. The summed E-state index contributed by atoms with van der Waals surface area (Å²) >= 11 is 0. The highest BCUT2D eigenvalue weighted by atomic mass is 16.3. The molecular weight excluding hydrogens is 382 g/mol. The number of rotatable bonds is 5. The van der Waals surface area contributed by atoms with E-state index >= 15 is 0 Å². The molecule has 2 aromatic heterocycles. The Morgan fingerprint density at radius 3 is 2.77 bits per heavy atom. The SMILES string of the molecule is CC(=O)N1c2ccc(-c3cnn(CCO)c3)cc2[C@H](Nc2ccccn2)[C@@H](C)[C@@H]1O. The predicted octanol–water partition coefficient (Wildman–Crippen LogP) is 2.41. The lowest BCUT2D eigenvalue weighted by molar-refractivity contribution is -0.119. The van der Waals surface area contributed by atoms with E-state index in [1.807, 2.05) is 49.5 Å². The van der Waals surface area contributed by atoms with Crippen molar-refractivity contribution in [2.24, 2.45) is 5.92 Å². The van der Waals surface area contributed by atoms with Crippen LogP contribution in [0.15, 0.2) is 55.0 Å². The molecule has 1 aliphatic rings. The summed E-state index contributed by atoms with van der Waals surface area (Å²) in [4.78, 5) is 18.1. The summed E-state index contributed by atoms with van der Waals surface area (Å²) in [5.41, 5.74) is 3.43. The molecule has 0 saturated carbocycles. The van der Waals surface area contributed by atoms with Crippen LogP contribution in [0.1, 0.15) is 25.5 Å². The standard InChI is InChI=1S/C22H25N5O3/c1-14-21(25-20-5-3-4-8-23-20)18-11-16(17-12-24-26(13-17)9-10-28)6-7-19(18)27(15(2)29)22(14)30/h3-8,11-14,21-22,28,30H,9-10H2,1-2H3,(H,23,25)/t14-,21-,22+/m1/s1. The lowest BCUT2D eigenvalue weighted by Gasteiger charge is -2.42. The van der Waals surface area contributed by atoms with Gasteiger partial charge in [-0.25, -0.2) is 4.98 Å². The van der Waals surface area contributed by atoms with E-state index in [4.69, 9.17) is 5.11 Å². The fourth-order valence-corrected chi connectivity index (χ4v) is 3.95. The molecule has 8 nitrogen and oxygen atoms in total. The number of hydrogen-bond donors (Lipinski definition) is 3. The van der Waals surface area contributed by atoms with Crippen LogP contribution in [0, 0.1) is 5.92 Å². The maximum Gasteiger partial charge on any atom is 0.225 e. The molecule has 3 atom stereocenters. The first-order valence-electron chi connectivity index (χ1n) is 9.92. The largest absolute Gasteiger partial charge is 0.394 e. The fourth-order valence-electron chi connectivity index (χ4n) is 3.95. The second-order valence-electron chi connectivity index (χ2n) is 7.49. The van der Waals surface area contributed by atoms with E-state index in [1.165, 1.54) is 11.8 Å². The Labute approximate surface area is 174 Å². The number of aromatic nitrogens is 3. The van der Waals surface area contributed by atoms with Crippen LogP contribution in [0.2, 0.25) is 0 Å². The van der Waals surface area contributed by atoms with Gasteiger partial charge in [-0.2, -0.15) is 5.10 Å². The van der Waals surface area contributed by atoms with E-state index in [0.717, 1.165) is 16.7 Å². The van der Waals surface area contributed by atoms with E-state index < -0.39 is 6.23 Å². The number of aliphatic hydroxyl groups is 2. The Bertz CT molecular complexity index is 1040.